The molecule has 1 unspecified atom stereocenters. The van der Waals surface area contributed by atoms with Crippen LogP contribution in [0.1, 0.15) is 17.2 Å². The van der Waals surface area contributed by atoms with Crippen molar-refractivity contribution in [2.45, 2.75) is 13.0 Å². The summed E-state index contributed by atoms with van der Waals surface area (Å²) in [6, 6.07) is 5.67. The standard InChI is InChI=1S/C10H11BrN2/c1-3-9(13-12)8-6-4-5-7(2)10(8)11/h1,4-6,9,13H,12H2,2H3. The van der Waals surface area contributed by atoms with Crippen LogP contribution >= 0.6 is 15.9 Å². The van der Waals surface area contributed by atoms with E-state index in [2.05, 4.69) is 27.3 Å². The molecule has 0 aliphatic rings. The number of terminal acetylenes is 1. The SMILES string of the molecule is C#CC(NN)c1cccc(C)c1Br. The maximum absolute atomic E-state index is 5.32. The number of nitrogens with two attached hydrogens (primary N) is 1. The summed E-state index contributed by atoms with van der Waals surface area (Å²) in [6.45, 7) is 2.01. The van der Waals surface area contributed by atoms with E-state index in [4.69, 9.17) is 12.3 Å². The van der Waals surface area contributed by atoms with Gasteiger partial charge in [0.1, 0.15) is 6.04 Å². The Morgan fingerprint density at radius 1 is 1.62 bits per heavy atom. The summed E-state index contributed by atoms with van der Waals surface area (Å²) in [6.07, 6.45) is 5.32. The largest absolute Gasteiger partial charge is 0.270 e. The van der Waals surface area contributed by atoms with E-state index in [1.807, 2.05) is 25.1 Å². The lowest BCUT2D eigenvalue weighted by molar-refractivity contribution is 0.671. The van der Waals surface area contributed by atoms with Crippen LogP contribution in [-0.4, -0.2) is 0 Å². The molecule has 0 aromatic heterocycles. The van der Waals surface area contributed by atoms with E-state index < -0.39 is 0 Å². The quantitative estimate of drug-likeness (QED) is 0.470. The van der Waals surface area contributed by atoms with Crippen LogP contribution in [0.25, 0.3) is 0 Å². The molecule has 0 saturated heterocycles. The molecule has 1 atom stereocenters. The maximum atomic E-state index is 5.32. The molecule has 0 saturated carbocycles. The molecular weight excluding hydrogens is 228 g/mol. The Morgan fingerprint density at radius 2 is 2.31 bits per heavy atom. The van der Waals surface area contributed by atoms with E-state index >= 15 is 0 Å². The van der Waals surface area contributed by atoms with E-state index in [1.54, 1.807) is 0 Å². The Bertz CT molecular complexity index is 341. The lowest BCUT2D eigenvalue weighted by Crippen LogP contribution is -2.27. The average Bonchev–Trinajstić information content (AvgIpc) is 2.14. The summed E-state index contributed by atoms with van der Waals surface area (Å²) in [5.41, 5.74) is 4.71. The van der Waals surface area contributed by atoms with Crippen LogP contribution < -0.4 is 11.3 Å². The minimum absolute atomic E-state index is 0.241. The van der Waals surface area contributed by atoms with Crippen LogP contribution in [0, 0.1) is 19.3 Å². The Balaban J connectivity index is 3.15. The molecule has 0 heterocycles. The zero-order valence-corrected chi connectivity index (χ0v) is 8.93. The van der Waals surface area contributed by atoms with E-state index in [9.17, 15) is 0 Å². The van der Waals surface area contributed by atoms with Gasteiger partial charge >= 0.3 is 0 Å². The second kappa shape index (κ2) is 4.43. The summed E-state index contributed by atoms with van der Waals surface area (Å²) in [7, 11) is 0. The minimum atomic E-state index is -0.241. The first-order valence-electron chi connectivity index (χ1n) is 3.88. The molecule has 0 spiro atoms. The van der Waals surface area contributed by atoms with Gasteiger partial charge in [-0.05, 0) is 18.1 Å². The fraction of sp³-hybridized carbons (Fsp3) is 0.200. The number of hydrogen-bond acceptors (Lipinski definition) is 2. The predicted octanol–water partition coefficient (Wildman–Crippen LogP) is 1.90. The lowest BCUT2D eigenvalue weighted by Gasteiger charge is -2.12. The topological polar surface area (TPSA) is 38.0 Å². The summed E-state index contributed by atoms with van der Waals surface area (Å²) in [5, 5.41) is 0. The third-order valence-electron chi connectivity index (χ3n) is 1.87. The normalized spacial score (nSPS) is 12.2. The minimum Gasteiger partial charge on any atom is -0.270 e. The molecule has 0 aliphatic carbocycles. The first-order chi connectivity index (χ1) is 6.20. The van der Waals surface area contributed by atoms with Gasteiger partial charge in [-0.15, -0.1) is 6.42 Å². The Kier molecular flexibility index (Phi) is 3.49. The van der Waals surface area contributed by atoms with Crippen molar-refractivity contribution < 1.29 is 0 Å². The third kappa shape index (κ3) is 2.10. The van der Waals surface area contributed by atoms with Crippen molar-refractivity contribution in [2.24, 2.45) is 5.84 Å². The summed E-state index contributed by atoms with van der Waals surface area (Å²) in [4.78, 5) is 0. The maximum Gasteiger partial charge on any atom is 0.108 e. The molecule has 0 fully saturated rings. The van der Waals surface area contributed by atoms with Gasteiger partial charge in [-0.1, -0.05) is 40.0 Å². The highest BCUT2D eigenvalue weighted by molar-refractivity contribution is 9.10. The number of hydrogen-bond donors (Lipinski definition) is 2. The molecule has 0 radical (unpaired) electrons. The second-order valence-electron chi connectivity index (χ2n) is 2.74. The zero-order valence-electron chi connectivity index (χ0n) is 7.34. The number of hydrazine groups is 1. The van der Waals surface area contributed by atoms with Crippen molar-refractivity contribution in [1.29, 1.82) is 0 Å². The van der Waals surface area contributed by atoms with Crippen LogP contribution in [-0.2, 0) is 0 Å². The smallest absolute Gasteiger partial charge is 0.108 e. The highest BCUT2D eigenvalue weighted by Gasteiger charge is 2.10. The molecule has 3 N–H and O–H groups in total. The highest BCUT2D eigenvalue weighted by atomic mass is 79.9. The van der Waals surface area contributed by atoms with Crippen molar-refractivity contribution in [2.75, 3.05) is 0 Å². The van der Waals surface area contributed by atoms with E-state index in [0.29, 0.717) is 0 Å². The monoisotopic (exact) mass is 238 g/mol. The predicted molar refractivity (Wildman–Crippen MR) is 57.8 cm³/mol. The number of benzene rings is 1. The van der Waals surface area contributed by atoms with Gasteiger partial charge in [0.05, 0.1) is 0 Å². The van der Waals surface area contributed by atoms with Gasteiger partial charge < -0.3 is 0 Å². The Morgan fingerprint density at radius 3 is 2.85 bits per heavy atom. The van der Waals surface area contributed by atoms with Crippen molar-refractivity contribution in [3.63, 3.8) is 0 Å². The lowest BCUT2D eigenvalue weighted by atomic mass is 10.1. The first-order valence-corrected chi connectivity index (χ1v) is 4.67. The van der Waals surface area contributed by atoms with Crippen LogP contribution in [0.15, 0.2) is 22.7 Å². The van der Waals surface area contributed by atoms with Gasteiger partial charge in [0.2, 0.25) is 0 Å². The first kappa shape index (κ1) is 10.3. The van der Waals surface area contributed by atoms with Gasteiger partial charge in [0, 0.05) is 4.47 Å². The molecule has 0 amide bonds. The van der Waals surface area contributed by atoms with E-state index in [-0.39, 0.29) is 6.04 Å². The number of aryl methyl sites for hydroxylation is 1. The van der Waals surface area contributed by atoms with Gasteiger partial charge in [0.15, 0.2) is 0 Å². The van der Waals surface area contributed by atoms with Crippen molar-refractivity contribution in [3.05, 3.63) is 33.8 Å². The second-order valence-corrected chi connectivity index (χ2v) is 3.54. The Hall–Kier alpha value is -0.820. The highest BCUT2D eigenvalue weighted by Crippen LogP contribution is 2.25. The summed E-state index contributed by atoms with van der Waals surface area (Å²) < 4.78 is 1.01. The van der Waals surface area contributed by atoms with Gasteiger partial charge in [0.25, 0.3) is 0 Å². The molecule has 13 heavy (non-hydrogen) atoms. The van der Waals surface area contributed by atoms with Crippen LogP contribution in [0.5, 0.6) is 0 Å². The fourth-order valence-electron chi connectivity index (χ4n) is 1.12. The summed E-state index contributed by atoms with van der Waals surface area (Å²) >= 11 is 3.47. The summed E-state index contributed by atoms with van der Waals surface area (Å²) in [5.74, 6) is 7.89. The van der Waals surface area contributed by atoms with Gasteiger partial charge in [-0.2, -0.15) is 0 Å². The molecular formula is C10H11BrN2. The van der Waals surface area contributed by atoms with Gasteiger partial charge in [-0.25, -0.2) is 5.43 Å². The number of rotatable bonds is 2. The molecule has 68 valence electrons. The van der Waals surface area contributed by atoms with Crippen molar-refractivity contribution in [1.82, 2.24) is 5.43 Å². The van der Waals surface area contributed by atoms with E-state index in [1.165, 1.54) is 0 Å². The van der Waals surface area contributed by atoms with Crippen LogP contribution in [0.2, 0.25) is 0 Å². The van der Waals surface area contributed by atoms with Crippen molar-refractivity contribution >= 4 is 15.9 Å². The molecule has 1 rings (SSSR count). The molecule has 0 bridgehead atoms. The van der Waals surface area contributed by atoms with Crippen LogP contribution in [0.4, 0.5) is 0 Å². The average molecular weight is 239 g/mol. The van der Waals surface area contributed by atoms with E-state index in [0.717, 1.165) is 15.6 Å². The van der Waals surface area contributed by atoms with Crippen molar-refractivity contribution in [3.8, 4) is 12.3 Å². The fourth-order valence-corrected chi connectivity index (χ4v) is 1.61. The molecule has 2 nitrogen and oxygen atoms in total. The van der Waals surface area contributed by atoms with Gasteiger partial charge in [-0.3, -0.25) is 5.84 Å². The molecule has 1 aromatic carbocycles. The molecule has 3 heteroatoms. The molecule has 0 aliphatic heterocycles. The number of halogens is 1. The molecule has 1 aromatic rings. The third-order valence-corrected chi connectivity index (χ3v) is 2.95. The number of nitrogens with one attached hydrogen (secondary N) is 1. The van der Waals surface area contributed by atoms with Crippen LogP contribution in [0.3, 0.4) is 0 Å². The zero-order chi connectivity index (χ0) is 9.84. The Labute approximate surface area is 86.6 Å².